The molecule has 3 amide bonds. The molecule has 3 aromatic rings. The van der Waals surface area contributed by atoms with Crippen LogP contribution in [0.25, 0.3) is 11.4 Å². The number of amides is 3. The van der Waals surface area contributed by atoms with Gasteiger partial charge in [-0.2, -0.15) is 5.10 Å². The molecular formula is C26H29N5O4. The summed E-state index contributed by atoms with van der Waals surface area (Å²) in [6.07, 6.45) is 0.361. The van der Waals surface area contributed by atoms with Crippen LogP contribution in [0.5, 0.6) is 0 Å². The van der Waals surface area contributed by atoms with Crippen LogP contribution in [-0.4, -0.2) is 58.1 Å². The summed E-state index contributed by atoms with van der Waals surface area (Å²) in [7, 11) is 1.58. The summed E-state index contributed by atoms with van der Waals surface area (Å²) < 4.78 is 5.07. The maximum absolute atomic E-state index is 13.6. The van der Waals surface area contributed by atoms with E-state index in [0.29, 0.717) is 30.2 Å². The van der Waals surface area contributed by atoms with Crippen LogP contribution in [0.4, 0.5) is 0 Å². The molecule has 1 aliphatic rings. The van der Waals surface area contributed by atoms with Gasteiger partial charge in [0.05, 0.1) is 12.0 Å². The predicted octanol–water partition coefficient (Wildman–Crippen LogP) is 2.52. The number of hydrogen-bond donors (Lipinski definition) is 2. The molecule has 1 aromatic heterocycles. The van der Waals surface area contributed by atoms with Crippen molar-refractivity contribution in [1.82, 2.24) is 25.4 Å². The van der Waals surface area contributed by atoms with Crippen LogP contribution in [0, 0.1) is 6.92 Å². The zero-order chi connectivity index (χ0) is 24.8. The van der Waals surface area contributed by atoms with Gasteiger partial charge >= 0.3 is 0 Å². The second-order valence-electron chi connectivity index (χ2n) is 8.70. The number of likely N-dealkylation sites (tertiary alicyclic amines) is 1. The molecule has 182 valence electrons. The van der Waals surface area contributed by atoms with E-state index in [1.54, 1.807) is 7.11 Å². The van der Waals surface area contributed by atoms with Crippen LogP contribution >= 0.6 is 0 Å². The summed E-state index contributed by atoms with van der Waals surface area (Å²) in [4.78, 5) is 45.3. The fraction of sp³-hybridized carbons (Fsp3) is 0.346. The predicted molar refractivity (Wildman–Crippen MR) is 129 cm³/mol. The second-order valence-corrected chi connectivity index (χ2v) is 8.70. The number of aromatic nitrogens is 3. The molecule has 2 heterocycles. The molecule has 2 aromatic carbocycles. The van der Waals surface area contributed by atoms with Crippen molar-refractivity contribution in [3.8, 4) is 11.4 Å². The van der Waals surface area contributed by atoms with Gasteiger partial charge in [-0.3, -0.25) is 24.4 Å². The average molecular weight is 476 g/mol. The van der Waals surface area contributed by atoms with Crippen molar-refractivity contribution in [3.63, 3.8) is 0 Å². The van der Waals surface area contributed by atoms with Crippen LogP contribution in [0.1, 0.15) is 36.2 Å². The van der Waals surface area contributed by atoms with Crippen molar-refractivity contribution in [2.45, 2.75) is 38.1 Å². The third kappa shape index (κ3) is 5.14. The van der Waals surface area contributed by atoms with Gasteiger partial charge < -0.3 is 10.1 Å². The van der Waals surface area contributed by atoms with Crippen molar-refractivity contribution >= 4 is 17.7 Å². The lowest BCUT2D eigenvalue weighted by molar-refractivity contribution is -0.141. The first kappa shape index (κ1) is 24.3. The average Bonchev–Trinajstić information content (AvgIpc) is 3.43. The van der Waals surface area contributed by atoms with Crippen molar-refractivity contribution in [1.29, 1.82) is 0 Å². The first-order valence-electron chi connectivity index (χ1n) is 11.6. The molecule has 9 nitrogen and oxygen atoms in total. The molecule has 1 atom stereocenters. The van der Waals surface area contributed by atoms with Crippen LogP contribution in [0.2, 0.25) is 0 Å². The van der Waals surface area contributed by atoms with Crippen molar-refractivity contribution < 1.29 is 19.1 Å². The number of ether oxygens (including phenoxy) is 1. The highest BCUT2D eigenvalue weighted by Gasteiger charge is 2.53. The molecule has 0 bridgehead atoms. The maximum atomic E-state index is 13.6. The first-order valence-corrected chi connectivity index (χ1v) is 11.6. The van der Waals surface area contributed by atoms with Crippen LogP contribution in [0.15, 0.2) is 54.6 Å². The number of carbonyl (C=O) groups is 3. The van der Waals surface area contributed by atoms with E-state index < -0.39 is 5.41 Å². The van der Waals surface area contributed by atoms with E-state index in [2.05, 4.69) is 20.5 Å². The van der Waals surface area contributed by atoms with E-state index in [1.165, 1.54) is 4.90 Å². The molecule has 1 fully saturated rings. The fourth-order valence-corrected chi connectivity index (χ4v) is 4.56. The molecule has 0 unspecified atom stereocenters. The van der Waals surface area contributed by atoms with E-state index >= 15 is 0 Å². The van der Waals surface area contributed by atoms with E-state index in [1.807, 2.05) is 61.5 Å². The van der Waals surface area contributed by atoms with E-state index in [0.717, 1.165) is 11.1 Å². The molecule has 1 aliphatic heterocycles. The highest BCUT2D eigenvalue weighted by atomic mass is 16.5. The van der Waals surface area contributed by atoms with Crippen molar-refractivity contribution in [2.75, 3.05) is 20.3 Å². The molecule has 0 aliphatic carbocycles. The Morgan fingerprint density at radius 2 is 1.89 bits per heavy atom. The summed E-state index contributed by atoms with van der Waals surface area (Å²) >= 11 is 0. The molecule has 0 saturated carbocycles. The Labute approximate surface area is 203 Å². The molecule has 9 heteroatoms. The minimum atomic E-state index is -1.24. The Morgan fingerprint density at radius 3 is 2.63 bits per heavy atom. The van der Waals surface area contributed by atoms with E-state index in [9.17, 15) is 14.4 Å². The molecule has 4 rings (SSSR count). The topological polar surface area (TPSA) is 117 Å². The Kier molecular flexibility index (Phi) is 7.36. The summed E-state index contributed by atoms with van der Waals surface area (Å²) in [6, 6.07) is 16.9. The van der Waals surface area contributed by atoms with Crippen molar-refractivity contribution in [2.24, 2.45) is 0 Å². The highest BCUT2D eigenvalue weighted by Crippen LogP contribution is 2.41. The number of benzene rings is 2. The first-order chi connectivity index (χ1) is 16.9. The van der Waals surface area contributed by atoms with Gasteiger partial charge in [-0.25, -0.2) is 4.98 Å². The minimum absolute atomic E-state index is 0.0441. The Bertz CT molecular complexity index is 1210. The summed E-state index contributed by atoms with van der Waals surface area (Å²) in [5.74, 6) is 0.0800. The normalized spacial score (nSPS) is 17.7. The second kappa shape index (κ2) is 10.6. The lowest BCUT2D eigenvalue weighted by atomic mass is 9.74. The third-order valence-electron chi connectivity index (χ3n) is 6.28. The van der Waals surface area contributed by atoms with Crippen LogP contribution < -0.4 is 5.32 Å². The number of nitrogens with one attached hydrogen (secondary N) is 2. The largest absolute Gasteiger partial charge is 0.385 e. The number of imide groups is 1. The highest BCUT2D eigenvalue weighted by molar-refractivity contribution is 6.10. The van der Waals surface area contributed by atoms with Gasteiger partial charge in [0.1, 0.15) is 5.82 Å². The minimum Gasteiger partial charge on any atom is -0.385 e. The van der Waals surface area contributed by atoms with Gasteiger partial charge in [0.15, 0.2) is 5.82 Å². The van der Waals surface area contributed by atoms with Gasteiger partial charge in [0, 0.05) is 38.7 Å². The monoisotopic (exact) mass is 475 g/mol. The number of methoxy groups -OCH3 is 1. The van der Waals surface area contributed by atoms with Crippen molar-refractivity contribution in [3.05, 3.63) is 71.5 Å². The van der Waals surface area contributed by atoms with Crippen LogP contribution in [0.3, 0.4) is 0 Å². The molecule has 1 saturated heterocycles. The SMILES string of the molecule is COCCCN1C(=O)C[C@](CC(=O)NCc2nc(-c3ccccc3)n[nH]2)(c2ccccc2C)C1=O. The quantitative estimate of drug-likeness (QED) is 0.344. The van der Waals surface area contributed by atoms with Gasteiger partial charge in [-0.1, -0.05) is 54.6 Å². The summed E-state index contributed by atoms with van der Waals surface area (Å²) in [5.41, 5.74) is 1.19. The number of H-pyrrole nitrogens is 1. The third-order valence-corrected chi connectivity index (χ3v) is 6.28. The van der Waals surface area contributed by atoms with Gasteiger partial charge in [0.25, 0.3) is 0 Å². The van der Waals surface area contributed by atoms with E-state index in [4.69, 9.17) is 4.74 Å². The van der Waals surface area contributed by atoms with Gasteiger partial charge in [-0.05, 0) is 24.5 Å². The van der Waals surface area contributed by atoms with Gasteiger partial charge in [-0.15, -0.1) is 0 Å². The molecule has 2 N–H and O–H groups in total. The Balaban J connectivity index is 1.51. The number of hydrogen-bond acceptors (Lipinski definition) is 6. The van der Waals surface area contributed by atoms with Crippen LogP contribution in [-0.2, 0) is 31.1 Å². The zero-order valence-corrected chi connectivity index (χ0v) is 19.9. The zero-order valence-electron chi connectivity index (χ0n) is 19.9. The maximum Gasteiger partial charge on any atom is 0.240 e. The van der Waals surface area contributed by atoms with E-state index in [-0.39, 0.29) is 43.7 Å². The smallest absolute Gasteiger partial charge is 0.240 e. The lowest BCUT2D eigenvalue weighted by Crippen LogP contribution is -2.43. The molecule has 0 spiro atoms. The summed E-state index contributed by atoms with van der Waals surface area (Å²) in [5, 5.41) is 9.88. The molecule has 35 heavy (non-hydrogen) atoms. The number of rotatable bonds is 10. The summed E-state index contributed by atoms with van der Waals surface area (Å²) in [6.45, 7) is 2.72. The number of nitrogens with zero attached hydrogens (tertiary/aromatic N) is 3. The Morgan fingerprint density at radius 1 is 1.14 bits per heavy atom. The standard InChI is InChI=1S/C26H29N5O4/c1-18-9-6-7-12-20(18)26(16-23(33)31(25(26)34)13-8-14-35-2)15-22(32)27-17-21-28-24(30-29-21)19-10-4-3-5-11-19/h3-7,9-12H,8,13-17H2,1-2H3,(H,27,32)(H,28,29,30)/t26-/m1/s1. The lowest BCUT2D eigenvalue weighted by Gasteiger charge is -2.28. The van der Waals surface area contributed by atoms with Gasteiger partial charge in [0.2, 0.25) is 17.7 Å². The Hall–Kier alpha value is -3.85. The fourth-order valence-electron chi connectivity index (χ4n) is 4.56. The number of carbonyl (C=O) groups excluding carboxylic acids is 3. The number of aryl methyl sites for hydroxylation is 1. The molecular weight excluding hydrogens is 446 g/mol. The number of aromatic amines is 1. The molecule has 0 radical (unpaired) electrons.